The zero-order valence-corrected chi connectivity index (χ0v) is 17.1. The molecule has 0 aliphatic carbocycles. The van der Waals surface area contributed by atoms with Crippen molar-refractivity contribution in [3.8, 4) is 0 Å². The smallest absolute Gasteiger partial charge is 0.108 e. The van der Waals surface area contributed by atoms with Crippen LogP contribution in [0.4, 0.5) is 0 Å². The predicted octanol–water partition coefficient (Wildman–Crippen LogP) is 6.67. The molecule has 0 aliphatic rings. The van der Waals surface area contributed by atoms with Crippen molar-refractivity contribution in [3.05, 3.63) is 53.6 Å². The number of unbranched alkanes of at least 4 members (excludes halogenated alkanes) is 8. The van der Waals surface area contributed by atoms with Gasteiger partial charge in [-0.2, -0.15) is 0 Å². The van der Waals surface area contributed by atoms with Crippen LogP contribution in [-0.4, -0.2) is 9.55 Å². The van der Waals surface area contributed by atoms with Crippen molar-refractivity contribution in [2.75, 3.05) is 0 Å². The van der Waals surface area contributed by atoms with E-state index in [0.29, 0.717) is 0 Å². The molecule has 0 saturated heterocycles. The van der Waals surface area contributed by atoms with Gasteiger partial charge in [0, 0.05) is 19.7 Å². The van der Waals surface area contributed by atoms with Gasteiger partial charge in [0.05, 0.1) is 5.69 Å². The Morgan fingerprint density at radius 2 is 1.38 bits per heavy atom. The largest absolute Gasteiger partial charge is 0.338 e. The van der Waals surface area contributed by atoms with Crippen LogP contribution in [-0.2, 0) is 26.3 Å². The molecule has 0 bridgehead atoms. The summed E-state index contributed by atoms with van der Waals surface area (Å²) >= 11 is 0. The van der Waals surface area contributed by atoms with Gasteiger partial charge in [0.25, 0.3) is 0 Å². The summed E-state index contributed by atoms with van der Waals surface area (Å²) in [4.78, 5) is 4.87. The van der Waals surface area contributed by atoms with Crippen molar-refractivity contribution >= 4 is 0 Å². The fourth-order valence-electron chi connectivity index (χ4n) is 3.64. The number of hydrogen-bond donors (Lipinski definition) is 0. The number of aryl methyl sites for hydroxylation is 4. The first kappa shape index (κ1) is 20.7. The first-order valence-corrected chi connectivity index (χ1v) is 10.8. The van der Waals surface area contributed by atoms with E-state index in [-0.39, 0.29) is 0 Å². The first-order chi connectivity index (χ1) is 12.8. The molecule has 0 saturated carbocycles. The van der Waals surface area contributed by atoms with Crippen LogP contribution < -0.4 is 0 Å². The lowest BCUT2D eigenvalue weighted by Gasteiger charge is -2.03. The third kappa shape index (κ3) is 8.21. The molecule has 2 rings (SSSR count). The summed E-state index contributed by atoms with van der Waals surface area (Å²) in [5.74, 6) is 1.27. The molecule has 1 heterocycles. The molecule has 0 amide bonds. The van der Waals surface area contributed by atoms with Gasteiger partial charge in [0.2, 0.25) is 0 Å². The summed E-state index contributed by atoms with van der Waals surface area (Å²) in [6, 6.07) is 10.8. The van der Waals surface area contributed by atoms with Crippen LogP contribution in [0.2, 0.25) is 0 Å². The van der Waals surface area contributed by atoms with E-state index in [1.165, 1.54) is 81.3 Å². The number of benzene rings is 1. The molecule has 2 nitrogen and oxygen atoms in total. The minimum Gasteiger partial charge on any atom is -0.338 e. The van der Waals surface area contributed by atoms with Gasteiger partial charge in [-0.05, 0) is 31.2 Å². The predicted molar refractivity (Wildman–Crippen MR) is 113 cm³/mol. The van der Waals surface area contributed by atoms with Crippen molar-refractivity contribution < 1.29 is 0 Å². The average molecular weight is 355 g/mol. The second kappa shape index (κ2) is 12.7. The third-order valence-electron chi connectivity index (χ3n) is 5.27. The van der Waals surface area contributed by atoms with E-state index in [2.05, 4.69) is 55.1 Å². The molecule has 0 atom stereocenters. The molecule has 0 fully saturated rings. The lowest BCUT2D eigenvalue weighted by atomic mass is 10.1. The van der Waals surface area contributed by atoms with E-state index in [0.717, 1.165) is 19.3 Å². The fourth-order valence-corrected chi connectivity index (χ4v) is 3.64. The SMILES string of the molecule is CCCCCCCCCCCc1nc(CCCc2ccccc2)cn1C. The van der Waals surface area contributed by atoms with Crippen LogP contribution in [0.5, 0.6) is 0 Å². The zero-order chi connectivity index (χ0) is 18.5. The van der Waals surface area contributed by atoms with E-state index < -0.39 is 0 Å². The Bertz CT molecular complexity index is 586. The Morgan fingerprint density at radius 3 is 2.08 bits per heavy atom. The van der Waals surface area contributed by atoms with E-state index in [1.54, 1.807) is 0 Å². The highest BCUT2D eigenvalue weighted by Gasteiger charge is 2.05. The molecule has 0 aliphatic heterocycles. The van der Waals surface area contributed by atoms with Crippen molar-refractivity contribution in [1.82, 2.24) is 9.55 Å². The fraction of sp³-hybridized carbons (Fsp3) is 0.625. The van der Waals surface area contributed by atoms with Gasteiger partial charge in [-0.25, -0.2) is 4.98 Å². The molecular weight excluding hydrogens is 316 g/mol. The molecule has 2 aromatic rings. The number of aromatic nitrogens is 2. The second-order valence-electron chi connectivity index (χ2n) is 7.68. The normalized spacial score (nSPS) is 11.2. The number of hydrogen-bond acceptors (Lipinski definition) is 1. The van der Waals surface area contributed by atoms with Gasteiger partial charge in [0.15, 0.2) is 0 Å². The molecule has 2 heteroatoms. The van der Waals surface area contributed by atoms with E-state index in [4.69, 9.17) is 4.98 Å². The molecule has 26 heavy (non-hydrogen) atoms. The second-order valence-corrected chi connectivity index (χ2v) is 7.68. The third-order valence-corrected chi connectivity index (χ3v) is 5.27. The number of nitrogens with zero attached hydrogens (tertiary/aromatic N) is 2. The van der Waals surface area contributed by atoms with Crippen LogP contribution >= 0.6 is 0 Å². The van der Waals surface area contributed by atoms with Crippen molar-refractivity contribution in [1.29, 1.82) is 0 Å². The maximum Gasteiger partial charge on any atom is 0.108 e. The number of rotatable bonds is 14. The highest BCUT2D eigenvalue weighted by molar-refractivity contribution is 5.15. The van der Waals surface area contributed by atoms with Crippen molar-refractivity contribution in [2.24, 2.45) is 7.05 Å². The maximum absolute atomic E-state index is 4.87. The van der Waals surface area contributed by atoms with Gasteiger partial charge < -0.3 is 4.57 Å². The summed E-state index contributed by atoms with van der Waals surface area (Å²) < 4.78 is 2.24. The maximum atomic E-state index is 4.87. The minimum atomic E-state index is 1.08. The molecule has 144 valence electrons. The van der Waals surface area contributed by atoms with Gasteiger partial charge in [-0.1, -0.05) is 88.6 Å². The molecular formula is C24H38N2. The Kier molecular flexibility index (Phi) is 10.2. The van der Waals surface area contributed by atoms with Crippen LogP contribution in [0.3, 0.4) is 0 Å². The van der Waals surface area contributed by atoms with E-state index in [1.807, 2.05) is 0 Å². The summed E-state index contributed by atoms with van der Waals surface area (Å²) in [7, 11) is 2.15. The van der Waals surface area contributed by atoms with E-state index in [9.17, 15) is 0 Å². The van der Waals surface area contributed by atoms with Gasteiger partial charge >= 0.3 is 0 Å². The highest BCUT2D eigenvalue weighted by atomic mass is 15.0. The van der Waals surface area contributed by atoms with Gasteiger partial charge in [-0.15, -0.1) is 0 Å². The summed E-state index contributed by atoms with van der Waals surface area (Å²) in [6.07, 6.45) is 19.2. The Balaban J connectivity index is 1.57. The molecule has 1 aromatic heterocycles. The Morgan fingerprint density at radius 1 is 0.731 bits per heavy atom. The minimum absolute atomic E-state index is 1.08. The summed E-state index contributed by atoms with van der Waals surface area (Å²) in [5.41, 5.74) is 2.69. The summed E-state index contributed by atoms with van der Waals surface area (Å²) in [5, 5.41) is 0. The quantitative estimate of drug-likeness (QED) is 0.346. The zero-order valence-electron chi connectivity index (χ0n) is 17.1. The molecule has 0 unspecified atom stereocenters. The topological polar surface area (TPSA) is 17.8 Å². The van der Waals surface area contributed by atoms with Crippen molar-refractivity contribution in [3.63, 3.8) is 0 Å². The molecule has 1 aromatic carbocycles. The van der Waals surface area contributed by atoms with Crippen LogP contribution in [0.1, 0.15) is 88.2 Å². The monoisotopic (exact) mass is 354 g/mol. The average Bonchev–Trinajstić information content (AvgIpc) is 3.01. The van der Waals surface area contributed by atoms with E-state index >= 15 is 0 Å². The molecule has 0 N–H and O–H groups in total. The highest BCUT2D eigenvalue weighted by Crippen LogP contribution is 2.13. The number of imidazole rings is 1. The molecule has 0 spiro atoms. The van der Waals surface area contributed by atoms with Gasteiger partial charge in [0.1, 0.15) is 5.82 Å². The van der Waals surface area contributed by atoms with Crippen LogP contribution in [0.15, 0.2) is 36.5 Å². The lowest BCUT2D eigenvalue weighted by molar-refractivity contribution is 0.559. The summed E-state index contributed by atoms with van der Waals surface area (Å²) in [6.45, 7) is 2.28. The molecule has 0 radical (unpaired) electrons. The Hall–Kier alpha value is -1.57. The Labute approximate surface area is 161 Å². The van der Waals surface area contributed by atoms with Crippen molar-refractivity contribution in [2.45, 2.75) is 90.4 Å². The van der Waals surface area contributed by atoms with Crippen LogP contribution in [0, 0.1) is 0 Å². The first-order valence-electron chi connectivity index (χ1n) is 10.8. The lowest BCUT2D eigenvalue weighted by Crippen LogP contribution is -1.97. The standard InChI is InChI=1S/C24H38N2/c1-3-4-5-6-7-8-9-10-14-20-24-25-23(21-26(24)2)19-15-18-22-16-12-11-13-17-22/h11-13,16-17,21H,3-10,14-15,18-20H2,1-2H3. The van der Waals surface area contributed by atoms with Gasteiger partial charge in [-0.3, -0.25) is 0 Å². The van der Waals surface area contributed by atoms with Crippen LogP contribution in [0.25, 0.3) is 0 Å².